The maximum Gasteiger partial charge on any atom is 0.408 e. The molecule has 2 fully saturated rings. The van der Waals surface area contributed by atoms with Gasteiger partial charge in [0.05, 0.1) is 12.6 Å². The van der Waals surface area contributed by atoms with Crippen molar-refractivity contribution >= 4 is 23.9 Å². The molecule has 35 heavy (non-hydrogen) atoms. The van der Waals surface area contributed by atoms with Crippen LogP contribution in [-0.4, -0.2) is 71.8 Å². The van der Waals surface area contributed by atoms with Crippen molar-refractivity contribution in [1.29, 1.82) is 0 Å². The summed E-state index contributed by atoms with van der Waals surface area (Å²) in [6.07, 6.45) is -0.580. The van der Waals surface area contributed by atoms with Gasteiger partial charge in [-0.1, -0.05) is 30.3 Å². The smallest absolute Gasteiger partial charge is 0.408 e. The van der Waals surface area contributed by atoms with Gasteiger partial charge in [0.1, 0.15) is 11.7 Å². The Balaban J connectivity index is 1.70. The maximum atomic E-state index is 13.0. The highest BCUT2D eigenvalue weighted by atomic mass is 16.6. The lowest BCUT2D eigenvalue weighted by Gasteiger charge is -2.31. The van der Waals surface area contributed by atoms with Gasteiger partial charge in [0, 0.05) is 32.5 Å². The number of nitrogens with one attached hydrogen (secondary N) is 2. The summed E-state index contributed by atoms with van der Waals surface area (Å²) < 4.78 is 16.5. The summed E-state index contributed by atoms with van der Waals surface area (Å²) in [5.74, 6) is -1.44. The number of ether oxygens (including phenoxy) is 3. The average molecular weight is 490 g/mol. The van der Waals surface area contributed by atoms with Crippen LogP contribution in [0, 0.1) is 0 Å². The van der Waals surface area contributed by atoms with E-state index in [1.165, 1.54) is 11.8 Å². The molecule has 0 radical (unpaired) electrons. The minimum atomic E-state index is -1.32. The van der Waals surface area contributed by atoms with Gasteiger partial charge in [-0.3, -0.25) is 14.4 Å². The molecule has 1 aliphatic carbocycles. The number of hydrogen-bond donors (Lipinski definition) is 2. The molecule has 1 aliphatic heterocycles. The molecular formula is C25H35N3O7. The summed E-state index contributed by atoms with van der Waals surface area (Å²) in [6, 6.07) is 8.55. The number of hydrogen-bond acceptors (Lipinski definition) is 7. The van der Waals surface area contributed by atoms with Crippen LogP contribution in [0.1, 0.15) is 52.5 Å². The van der Waals surface area contributed by atoms with E-state index in [0.717, 1.165) is 18.4 Å². The second-order valence-corrected chi connectivity index (χ2v) is 9.92. The number of amides is 3. The molecule has 0 bridgehead atoms. The van der Waals surface area contributed by atoms with Crippen molar-refractivity contribution in [2.45, 2.75) is 83.5 Å². The SMILES string of the molecule is CC(=O)O[C@H](C(=O)NC1CC1)[C@H](CN1CC[C@H](OCc2ccccc2)C1=O)NC(=O)OC(C)(C)C. The van der Waals surface area contributed by atoms with Gasteiger partial charge in [-0.2, -0.15) is 0 Å². The van der Waals surface area contributed by atoms with E-state index in [-0.39, 0.29) is 18.5 Å². The molecule has 192 valence electrons. The quantitative estimate of drug-likeness (QED) is 0.481. The largest absolute Gasteiger partial charge is 0.450 e. The van der Waals surface area contributed by atoms with Gasteiger partial charge in [0.2, 0.25) is 6.10 Å². The zero-order valence-corrected chi connectivity index (χ0v) is 20.7. The fraction of sp³-hybridized carbons (Fsp3) is 0.600. The molecule has 1 aromatic rings. The molecule has 10 nitrogen and oxygen atoms in total. The Morgan fingerprint density at radius 3 is 2.40 bits per heavy atom. The molecule has 3 amide bonds. The lowest BCUT2D eigenvalue weighted by atomic mass is 10.1. The number of nitrogens with zero attached hydrogens (tertiary/aromatic N) is 1. The molecule has 0 unspecified atom stereocenters. The second-order valence-electron chi connectivity index (χ2n) is 9.92. The lowest BCUT2D eigenvalue weighted by Crippen LogP contribution is -2.58. The molecule has 2 N–H and O–H groups in total. The number of likely N-dealkylation sites (tertiary alicyclic amines) is 1. The number of carbonyl (C=O) groups is 4. The molecule has 3 atom stereocenters. The van der Waals surface area contributed by atoms with Gasteiger partial charge in [0.25, 0.3) is 11.8 Å². The number of carbonyl (C=O) groups excluding carboxylic acids is 4. The van der Waals surface area contributed by atoms with E-state index >= 15 is 0 Å². The van der Waals surface area contributed by atoms with Crippen molar-refractivity contribution < 1.29 is 33.4 Å². The highest BCUT2D eigenvalue weighted by Crippen LogP contribution is 2.21. The van der Waals surface area contributed by atoms with Crippen LogP contribution in [-0.2, 0) is 35.2 Å². The maximum absolute atomic E-state index is 13.0. The van der Waals surface area contributed by atoms with Crippen LogP contribution in [0.4, 0.5) is 4.79 Å². The normalized spacial score (nSPS) is 19.6. The molecule has 0 aromatic heterocycles. The van der Waals surface area contributed by atoms with Crippen LogP contribution in [0.15, 0.2) is 30.3 Å². The fourth-order valence-electron chi connectivity index (χ4n) is 3.74. The van der Waals surface area contributed by atoms with E-state index in [4.69, 9.17) is 14.2 Å². The number of esters is 1. The van der Waals surface area contributed by atoms with E-state index in [1.807, 2.05) is 30.3 Å². The molecule has 1 saturated carbocycles. The van der Waals surface area contributed by atoms with Crippen molar-refractivity contribution in [2.75, 3.05) is 13.1 Å². The monoisotopic (exact) mass is 489 g/mol. The van der Waals surface area contributed by atoms with Crippen LogP contribution >= 0.6 is 0 Å². The predicted molar refractivity (Wildman–Crippen MR) is 126 cm³/mol. The minimum absolute atomic E-state index is 0.0203. The third kappa shape index (κ3) is 8.54. The van der Waals surface area contributed by atoms with Crippen molar-refractivity contribution in [1.82, 2.24) is 15.5 Å². The lowest BCUT2D eigenvalue weighted by molar-refractivity contribution is -0.156. The van der Waals surface area contributed by atoms with Gasteiger partial charge in [-0.15, -0.1) is 0 Å². The summed E-state index contributed by atoms with van der Waals surface area (Å²) in [4.78, 5) is 51.8. The van der Waals surface area contributed by atoms with E-state index in [2.05, 4.69) is 10.6 Å². The summed E-state index contributed by atoms with van der Waals surface area (Å²) in [5, 5.41) is 5.45. The Bertz CT molecular complexity index is 911. The molecule has 1 saturated heterocycles. The predicted octanol–water partition coefficient (Wildman–Crippen LogP) is 1.91. The van der Waals surface area contributed by atoms with Gasteiger partial charge in [0.15, 0.2) is 0 Å². The van der Waals surface area contributed by atoms with E-state index in [0.29, 0.717) is 19.6 Å². The van der Waals surface area contributed by atoms with E-state index < -0.39 is 41.8 Å². The first-order valence-electron chi connectivity index (χ1n) is 11.9. The zero-order valence-electron chi connectivity index (χ0n) is 20.7. The van der Waals surface area contributed by atoms with Gasteiger partial charge in [-0.05, 0) is 39.2 Å². The van der Waals surface area contributed by atoms with Crippen molar-refractivity contribution in [3.63, 3.8) is 0 Å². The van der Waals surface area contributed by atoms with Gasteiger partial charge in [-0.25, -0.2) is 4.79 Å². The molecule has 3 rings (SSSR count). The number of benzene rings is 1. The molecule has 1 heterocycles. The molecule has 0 spiro atoms. The minimum Gasteiger partial charge on any atom is -0.450 e. The highest BCUT2D eigenvalue weighted by Gasteiger charge is 2.41. The second kappa shape index (κ2) is 11.5. The summed E-state index contributed by atoms with van der Waals surface area (Å²) in [5.41, 5.74) is 0.177. The Morgan fingerprint density at radius 1 is 1.11 bits per heavy atom. The van der Waals surface area contributed by atoms with E-state index in [1.54, 1.807) is 20.8 Å². The van der Waals surface area contributed by atoms with Crippen LogP contribution in [0.25, 0.3) is 0 Å². The number of alkyl carbamates (subject to hydrolysis) is 1. The summed E-state index contributed by atoms with van der Waals surface area (Å²) >= 11 is 0. The Hall–Kier alpha value is -3.14. The molecule has 1 aromatic carbocycles. The third-order valence-corrected chi connectivity index (χ3v) is 5.50. The number of rotatable bonds is 10. The third-order valence-electron chi connectivity index (χ3n) is 5.50. The highest BCUT2D eigenvalue weighted by molar-refractivity contribution is 5.86. The average Bonchev–Trinajstić information content (AvgIpc) is 3.52. The summed E-state index contributed by atoms with van der Waals surface area (Å²) in [7, 11) is 0. The molecule has 2 aliphatic rings. The standard InChI is InChI=1S/C25H35N3O7/c1-16(29)34-21(22(30)26-18-10-11-18)19(27-24(32)35-25(2,3)4)14-28-13-12-20(23(28)31)33-15-17-8-6-5-7-9-17/h5-9,18-21H,10-15H2,1-4H3,(H,26,30)(H,27,32)/t19-,20-,21-/m0/s1. The van der Waals surface area contributed by atoms with Gasteiger partial charge < -0.3 is 29.7 Å². The first kappa shape index (κ1) is 26.5. The Labute approximate surface area is 205 Å². The van der Waals surface area contributed by atoms with Crippen LogP contribution in [0.2, 0.25) is 0 Å². The van der Waals surface area contributed by atoms with Crippen LogP contribution < -0.4 is 10.6 Å². The molecule has 10 heteroatoms. The Morgan fingerprint density at radius 2 is 1.80 bits per heavy atom. The van der Waals surface area contributed by atoms with E-state index in [9.17, 15) is 19.2 Å². The fourth-order valence-corrected chi connectivity index (χ4v) is 3.74. The van der Waals surface area contributed by atoms with Gasteiger partial charge >= 0.3 is 12.1 Å². The Kier molecular flexibility index (Phi) is 8.71. The van der Waals surface area contributed by atoms with Crippen molar-refractivity contribution in [3.8, 4) is 0 Å². The van der Waals surface area contributed by atoms with Crippen LogP contribution in [0.5, 0.6) is 0 Å². The first-order chi connectivity index (χ1) is 16.5. The zero-order chi connectivity index (χ0) is 25.6. The topological polar surface area (TPSA) is 123 Å². The van der Waals surface area contributed by atoms with Crippen molar-refractivity contribution in [2.24, 2.45) is 0 Å². The van der Waals surface area contributed by atoms with Crippen LogP contribution in [0.3, 0.4) is 0 Å². The molecular weight excluding hydrogens is 454 g/mol. The van der Waals surface area contributed by atoms with Crippen molar-refractivity contribution in [3.05, 3.63) is 35.9 Å². The summed E-state index contributed by atoms with van der Waals surface area (Å²) in [6.45, 7) is 6.96. The first-order valence-corrected chi connectivity index (χ1v) is 11.9.